The summed E-state index contributed by atoms with van der Waals surface area (Å²) in [4.78, 5) is 19.0. The second kappa shape index (κ2) is 4.69. The number of aromatic amines is 1. The highest BCUT2D eigenvalue weighted by molar-refractivity contribution is 5.65. The zero-order chi connectivity index (χ0) is 13.2. The number of hydrogen-bond donors (Lipinski definition) is 1. The van der Waals surface area contributed by atoms with Gasteiger partial charge in [0.05, 0.1) is 5.69 Å². The molecule has 0 bridgehead atoms. The van der Waals surface area contributed by atoms with Crippen molar-refractivity contribution in [2.24, 2.45) is 0 Å². The van der Waals surface area contributed by atoms with Gasteiger partial charge in [-0.25, -0.2) is 0 Å². The van der Waals surface area contributed by atoms with Gasteiger partial charge in [0.15, 0.2) is 0 Å². The number of fused-ring (bicyclic) bond motifs is 1. The molecular weight excluding hydrogens is 238 g/mol. The Hall–Kier alpha value is -2.41. The van der Waals surface area contributed by atoms with E-state index in [1.54, 1.807) is 12.4 Å². The number of nitriles is 1. The number of rotatable bonds is 1. The summed E-state index contributed by atoms with van der Waals surface area (Å²) in [6.45, 7) is 0. The fraction of sp³-hybridized carbons (Fsp3) is 0.267. The number of nitrogens with one attached hydrogen (secondary N) is 1. The van der Waals surface area contributed by atoms with Gasteiger partial charge < -0.3 is 4.98 Å². The normalized spacial score (nSPS) is 13.6. The Bertz CT molecular complexity index is 711. The summed E-state index contributed by atoms with van der Waals surface area (Å²) >= 11 is 0. The molecule has 1 aliphatic rings. The van der Waals surface area contributed by atoms with E-state index in [-0.39, 0.29) is 11.1 Å². The van der Waals surface area contributed by atoms with Crippen molar-refractivity contribution in [3.05, 3.63) is 51.6 Å². The van der Waals surface area contributed by atoms with Crippen LogP contribution in [0.1, 0.15) is 29.5 Å². The van der Waals surface area contributed by atoms with E-state index in [9.17, 15) is 4.79 Å². The molecule has 0 radical (unpaired) electrons. The number of H-pyrrole nitrogens is 1. The van der Waals surface area contributed by atoms with Crippen molar-refractivity contribution in [1.29, 1.82) is 5.26 Å². The molecule has 2 aromatic rings. The third-order valence-corrected chi connectivity index (χ3v) is 3.60. The molecule has 94 valence electrons. The molecule has 4 heteroatoms. The van der Waals surface area contributed by atoms with Crippen molar-refractivity contribution < 1.29 is 0 Å². The molecule has 3 rings (SSSR count). The Kier molecular flexibility index (Phi) is 2.88. The molecule has 0 aliphatic heterocycles. The van der Waals surface area contributed by atoms with Gasteiger partial charge in [0, 0.05) is 18.0 Å². The van der Waals surface area contributed by atoms with E-state index in [0.29, 0.717) is 0 Å². The van der Waals surface area contributed by atoms with Crippen LogP contribution < -0.4 is 5.56 Å². The first-order chi connectivity index (χ1) is 9.31. The number of aromatic nitrogens is 2. The molecule has 0 amide bonds. The quantitative estimate of drug-likeness (QED) is 0.844. The Labute approximate surface area is 110 Å². The zero-order valence-corrected chi connectivity index (χ0v) is 10.4. The molecule has 0 unspecified atom stereocenters. The van der Waals surface area contributed by atoms with Crippen molar-refractivity contribution >= 4 is 0 Å². The van der Waals surface area contributed by atoms with Crippen LogP contribution in [0.4, 0.5) is 0 Å². The lowest BCUT2D eigenvalue weighted by atomic mass is 9.87. The average Bonchev–Trinajstić information content (AvgIpc) is 2.47. The Balaban J connectivity index is 2.30. The van der Waals surface area contributed by atoms with Crippen LogP contribution in [0.5, 0.6) is 0 Å². The van der Waals surface area contributed by atoms with Gasteiger partial charge in [-0.2, -0.15) is 5.26 Å². The molecule has 1 N–H and O–H groups in total. The summed E-state index contributed by atoms with van der Waals surface area (Å²) in [5, 5.41) is 9.15. The first-order valence-electron chi connectivity index (χ1n) is 6.40. The van der Waals surface area contributed by atoms with Gasteiger partial charge >= 0.3 is 0 Å². The first-order valence-corrected chi connectivity index (χ1v) is 6.40. The molecule has 0 fully saturated rings. The van der Waals surface area contributed by atoms with Crippen LogP contribution in [0.2, 0.25) is 0 Å². The van der Waals surface area contributed by atoms with Gasteiger partial charge in [-0.1, -0.05) is 0 Å². The standard InChI is InChI=1S/C15H13N3O/c16-8-13-11-5-1-2-6-12(11)14(18-15(13)19)10-4-3-7-17-9-10/h3-4,7,9H,1-2,5-6H2,(H,18,19). The largest absolute Gasteiger partial charge is 0.320 e. The monoisotopic (exact) mass is 251 g/mol. The van der Waals surface area contributed by atoms with Gasteiger partial charge in [-0.3, -0.25) is 9.78 Å². The fourth-order valence-corrected chi connectivity index (χ4v) is 2.72. The molecule has 0 atom stereocenters. The summed E-state index contributed by atoms with van der Waals surface area (Å²) in [7, 11) is 0. The SMILES string of the molecule is N#Cc1c2c(c(-c3cccnc3)[nH]c1=O)CCCC2. The Morgan fingerprint density at radius 1 is 1.26 bits per heavy atom. The lowest BCUT2D eigenvalue weighted by Crippen LogP contribution is -2.20. The third kappa shape index (κ3) is 1.93. The predicted molar refractivity (Wildman–Crippen MR) is 71.7 cm³/mol. The summed E-state index contributed by atoms with van der Waals surface area (Å²) in [5.74, 6) is 0. The van der Waals surface area contributed by atoms with Gasteiger partial charge in [0.25, 0.3) is 5.56 Å². The molecule has 2 aromatic heterocycles. The minimum atomic E-state index is -0.290. The third-order valence-electron chi connectivity index (χ3n) is 3.60. The molecule has 4 nitrogen and oxygen atoms in total. The molecule has 2 heterocycles. The van der Waals surface area contributed by atoms with Crippen molar-refractivity contribution in [3.63, 3.8) is 0 Å². The highest BCUT2D eigenvalue weighted by Gasteiger charge is 2.20. The molecule has 0 spiro atoms. The van der Waals surface area contributed by atoms with Crippen LogP contribution in [0.25, 0.3) is 11.3 Å². The molecule has 0 saturated carbocycles. The lowest BCUT2D eigenvalue weighted by molar-refractivity contribution is 0.680. The zero-order valence-electron chi connectivity index (χ0n) is 10.4. The lowest BCUT2D eigenvalue weighted by Gasteiger charge is -2.20. The topological polar surface area (TPSA) is 69.5 Å². The maximum Gasteiger partial charge on any atom is 0.266 e. The summed E-state index contributed by atoms with van der Waals surface area (Å²) < 4.78 is 0. The number of pyridine rings is 2. The van der Waals surface area contributed by atoms with Crippen LogP contribution in [-0.2, 0) is 12.8 Å². The molecular formula is C15H13N3O. The van der Waals surface area contributed by atoms with Crippen molar-refractivity contribution in [2.75, 3.05) is 0 Å². The minimum absolute atomic E-state index is 0.280. The molecule has 19 heavy (non-hydrogen) atoms. The summed E-state index contributed by atoms with van der Waals surface area (Å²) in [6.07, 6.45) is 7.30. The Morgan fingerprint density at radius 2 is 2.05 bits per heavy atom. The highest BCUT2D eigenvalue weighted by Crippen LogP contribution is 2.29. The maximum atomic E-state index is 12.0. The number of hydrogen-bond acceptors (Lipinski definition) is 3. The Morgan fingerprint density at radius 3 is 2.74 bits per heavy atom. The summed E-state index contributed by atoms with van der Waals surface area (Å²) in [6, 6.07) is 5.82. The van der Waals surface area contributed by atoms with Crippen molar-refractivity contribution in [1.82, 2.24) is 9.97 Å². The molecule has 1 aliphatic carbocycles. The molecule has 0 aromatic carbocycles. The number of nitrogens with zero attached hydrogens (tertiary/aromatic N) is 2. The second-order valence-corrected chi connectivity index (χ2v) is 4.72. The van der Waals surface area contributed by atoms with E-state index in [1.165, 1.54) is 0 Å². The van der Waals surface area contributed by atoms with Crippen molar-refractivity contribution in [3.8, 4) is 17.3 Å². The van der Waals surface area contributed by atoms with Crippen LogP contribution in [-0.4, -0.2) is 9.97 Å². The van der Waals surface area contributed by atoms with E-state index in [0.717, 1.165) is 48.1 Å². The van der Waals surface area contributed by atoms with E-state index in [1.807, 2.05) is 18.2 Å². The van der Waals surface area contributed by atoms with Crippen molar-refractivity contribution in [2.45, 2.75) is 25.7 Å². The smallest absolute Gasteiger partial charge is 0.266 e. The van der Waals surface area contributed by atoms with Crippen LogP contribution >= 0.6 is 0 Å². The van der Waals surface area contributed by atoms with Gasteiger partial charge in [0.1, 0.15) is 11.6 Å². The maximum absolute atomic E-state index is 12.0. The molecule has 0 saturated heterocycles. The van der Waals surface area contributed by atoms with E-state index in [2.05, 4.69) is 9.97 Å². The first kappa shape index (κ1) is 11.7. The predicted octanol–water partition coefficient (Wildman–Crippen LogP) is 2.19. The van der Waals surface area contributed by atoms with E-state index in [4.69, 9.17) is 5.26 Å². The summed E-state index contributed by atoms with van der Waals surface area (Å²) in [5.41, 5.74) is 3.75. The van der Waals surface area contributed by atoms with E-state index < -0.39 is 0 Å². The fourth-order valence-electron chi connectivity index (χ4n) is 2.72. The van der Waals surface area contributed by atoms with Crippen LogP contribution in [0, 0.1) is 11.3 Å². The second-order valence-electron chi connectivity index (χ2n) is 4.72. The minimum Gasteiger partial charge on any atom is -0.320 e. The highest BCUT2D eigenvalue weighted by atomic mass is 16.1. The van der Waals surface area contributed by atoms with Gasteiger partial charge in [0.2, 0.25) is 0 Å². The average molecular weight is 251 g/mol. The van der Waals surface area contributed by atoms with Crippen LogP contribution in [0.3, 0.4) is 0 Å². The van der Waals surface area contributed by atoms with Gasteiger partial charge in [-0.05, 0) is 48.9 Å². The van der Waals surface area contributed by atoms with E-state index >= 15 is 0 Å². The van der Waals surface area contributed by atoms with Gasteiger partial charge in [-0.15, -0.1) is 0 Å². The van der Waals surface area contributed by atoms with Crippen LogP contribution in [0.15, 0.2) is 29.3 Å².